The van der Waals surface area contributed by atoms with Gasteiger partial charge in [0.15, 0.2) is 0 Å². The fourth-order valence-corrected chi connectivity index (χ4v) is 17.6. The van der Waals surface area contributed by atoms with Crippen molar-refractivity contribution in [2.75, 3.05) is 0 Å². The molecule has 0 N–H and O–H groups in total. The number of aryl methyl sites for hydroxylation is 4. The molecule has 0 unspecified atom stereocenters. The van der Waals surface area contributed by atoms with Crippen LogP contribution in [0, 0.1) is 47.4 Å². The lowest BCUT2D eigenvalue weighted by Crippen LogP contribution is -2.01. The van der Waals surface area contributed by atoms with Crippen LogP contribution in [0.5, 0.6) is 0 Å². The number of unbranched alkanes of at least 4 members (excludes halogenated alkanes) is 36. The molecule has 0 aromatic heterocycles. The van der Waals surface area contributed by atoms with E-state index in [1.165, 1.54) is 301 Å². The van der Waals surface area contributed by atoms with E-state index >= 15 is 0 Å². The standard InChI is InChI=1S/C108H128Br2/c1-5-9-13-17-21-25-29-33-37-53-65-89-77-97-93(73-69-85-57-45-41-46-58-85)101-81-105(107(109)83-103(101)95(75-71-87-61-49-43-50-62-87)99(97)79-91(89)67-55-39-35-31-27-23-19-15-11-7-3)106-82-102-94(74-70-86-59-47-42-48-60-86)98-78-90(66-54-38-34-30-26-22-18-14-10-6-2)92(68-56-40-36-32-28-24-20-16-12-8-4)80-100(98)96(104(102)84-108(106)110)76-72-88-63-51-44-52-64-88/h41-52,57-64,77-84H,5-40,53-56,65-68H2,1-4H3. The van der Waals surface area contributed by atoms with Crippen molar-refractivity contribution in [3.05, 3.63) is 246 Å². The smallest absolute Gasteiger partial charge is 0.0407 e. The van der Waals surface area contributed by atoms with Crippen LogP contribution in [-0.2, 0) is 25.7 Å². The minimum Gasteiger partial charge on any atom is -0.0654 e. The molecular weight excluding hydrogens is 1460 g/mol. The molecule has 0 fully saturated rings. The molecule has 0 spiro atoms. The van der Waals surface area contributed by atoms with Gasteiger partial charge in [0, 0.05) is 64.2 Å². The summed E-state index contributed by atoms with van der Waals surface area (Å²) in [6, 6.07) is 62.3. The molecule has 0 aliphatic rings. The van der Waals surface area contributed by atoms with Crippen LogP contribution in [0.2, 0.25) is 0 Å². The Morgan fingerprint density at radius 3 is 0.564 bits per heavy atom. The van der Waals surface area contributed by atoms with Gasteiger partial charge in [0.2, 0.25) is 0 Å². The Bertz CT molecular complexity index is 4400. The number of rotatable bonds is 45. The van der Waals surface area contributed by atoms with Gasteiger partial charge in [-0.15, -0.1) is 0 Å². The van der Waals surface area contributed by atoms with Gasteiger partial charge in [0.25, 0.3) is 0 Å². The van der Waals surface area contributed by atoms with Gasteiger partial charge in [-0.3, -0.25) is 0 Å². The molecule has 0 bridgehead atoms. The molecule has 0 atom stereocenters. The second-order valence-corrected chi connectivity index (χ2v) is 33.5. The van der Waals surface area contributed by atoms with E-state index < -0.39 is 0 Å². The third-order valence-electron chi connectivity index (χ3n) is 23.0. The van der Waals surface area contributed by atoms with E-state index in [2.05, 4.69) is 277 Å². The molecule has 110 heavy (non-hydrogen) atoms. The number of halogens is 2. The summed E-state index contributed by atoms with van der Waals surface area (Å²) in [5.41, 5.74) is 16.3. The van der Waals surface area contributed by atoms with Crippen molar-refractivity contribution in [2.24, 2.45) is 0 Å². The second-order valence-electron chi connectivity index (χ2n) is 31.8. The molecule has 0 saturated carbocycles. The summed E-state index contributed by atoms with van der Waals surface area (Å²) in [5.74, 6) is 30.6. The third kappa shape index (κ3) is 26.8. The van der Waals surface area contributed by atoms with Gasteiger partial charge in [-0.25, -0.2) is 0 Å². The van der Waals surface area contributed by atoms with Crippen LogP contribution in [-0.4, -0.2) is 0 Å². The van der Waals surface area contributed by atoms with Crippen LogP contribution in [0.25, 0.3) is 54.2 Å². The van der Waals surface area contributed by atoms with Gasteiger partial charge in [-0.05, 0) is 214 Å². The van der Waals surface area contributed by atoms with Crippen molar-refractivity contribution in [1.29, 1.82) is 0 Å². The van der Waals surface area contributed by atoms with Crippen molar-refractivity contribution < 1.29 is 0 Å². The highest BCUT2D eigenvalue weighted by Gasteiger charge is 2.23. The summed E-state index contributed by atoms with van der Waals surface area (Å²) in [6.07, 6.45) is 57.2. The van der Waals surface area contributed by atoms with Crippen LogP contribution in [0.3, 0.4) is 0 Å². The van der Waals surface area contributed by atoms with Crippen LogP contribution >= 0.6 is 31.9 Å². The third-order valence-corrected chi connectivity index (χ3v) is 24.3. The first-order valence-corrected chi connectivity index (χ1v) is 45.7. The second kappa shape index (κ2) is 49.1. The molecule has 0 radical (unpaired) electrons. The maximum atomic E-state index is 4.37. The fourth-order valence-electron chi connectivity index (χ4n) is 16.5. The zero-order valence-electron chi connectivity index (χ0n) is 68.0. The van der Waals surface area contributed by atoms with Gasteiger partial charge >= 0.3 is 0 Å². The van der Waals surface area contributed by atoms with Crippen LogP contribution < -0.4 is 0 Å². The van der Waals surface area contributed by atoms with E-state index in [9.17, 15) is 0 Å². The Hall–Kier alpha value is -7.56. The zero-order chi connectivity index (χ0) is 76.4. The summed E-state index contributed by atoms with van der Waals surface area (Å²) < 4.78 is 1.99. The largest absolute Gasteiger partial charge is 0.0654 e. The normalized spacial score (nSPS) is 11.2. The molecule has 0 aliphatic carbocycles. The maximum Gasteiger partial charge on any atom is 0.0407 e. The summed E-state index contributed by atoms with van der Waals surface area (Å²) in [4.78, 5) is 0. The Kier molecular flexibility index (Phi) is 37.8. The van der Waals surface area contributed by atoms with E-state index in [1.54, 1.807) is 0 Å². The molecule has 2 heteroatoms. The first-order valence-electron chi connectivity index (χ1n) is 44.1. The quantitative estimate of drug-likeness (QED) is 0.0203. The monoisotopic (exact) mass is 1580 g/mol. The van der Waals surface area contributed by atoms with E-state index in [0.29, 0.717) is 0 Å². The lowest BCUT2D eigenvalue weighted by molar-refractivity contribution is 0.553. The van der Waals surface area contributed by atoms with Crippen molar-refractivity contribution >= 4 is 74.9 Å². The maximum absolute atomic E-state index is 4.37. The highest BCUT2D eigenvalue weighted by atomic mass is 79.9. The van der Waals surface area contributed by atoms with Gasteiger partial charge in [-0.2, -0.15) is 0 Å². The van der Waals surface area contributed by atoms with Crippen LogP contribution in [0.15, 0.2) is 179 Å². The summed E-state index contributed by atoms with van der Waals surface area (Å²) >= 11 is 8.73. The Balaban J connectivity index is 1.15. The topological polar surface area (TPSA) is 0 Å². The van der Waals surface area contributed by atoms with Crippen molar-refractivity contribution in [3.63, 3.8) is 0 Å². The summed E-state index contributed by atoms with van der Waals surface area (Å²) in [7, 11) is 0. The zero-order valence-corrected chi connectivity index (χ0v) is 71.2. The molecule has 0 nitrogen and oxygen atoms in total. The summed E-state index contributed by atoms with van der Waals surface area (Å²) in [6.45, 7) is 9.27. The molecule has 10 aromatic carbocycles. The highest BCUT2D eigenvalue weighted by Crippen LogP contribution is 2.46. The Labute approximate surface area is 684 Å². The van der Waals surface area contributed by atoms with E-state index in [0.717, 1.165) is 112 Å². The number of hydrogen-bond acceptors (Lipinski definition) is 0. The van der Waals surface area contributed by atoms with Crippen molar-refractivity contribution in [1.82, 2.24) is 0 Å². The molecular formula is C108H128Br2. The molecule has 574 valence electrons. The minimum absolute atomic E-state index is 0.995. The molecule has 0 saturated heterocycles. The van der Waals surface area contributed by atoms with Gasteiger partial charge in [-0.1, -0.05) is 411 Å². The number of fused-ring (bicyclic) bond motifs is 4. The lowest BCUT2D eigenvalue weighted by Gasteiger charge is -2.20. The lowest BCUT2D eigenvalue weighted by atomic mass is 9.84. The van der Waals surface area contributed by atoms with Crippen LogP contribution in [0.1, 0.15) is 351 Å². The SMILES string of the molecule is CCCCCCCCCCCCc1cc2c(C#Cc3ccccc3)c3cc(Br)c(-c4cc5c(C#Cc6ccccc6)c6cc(CCCCCCCCCCCC)c(CCCCCCCCCCCC)cc6c(C#Cc6ccccc6)c5cc4Br)cc3c(C#Cc3ccccc3)c2cc1CCCCCCCCCCCC. The van der Waals surface area contributed by atoms with Gasteiger partial charge in [0.05, 0.1) is 0 Å². The molecule has 0 heterocycles. The molecule has 10 rings (SSSR count). The number of benzene rings is 10. The van der Waals surface area contributed by atoms with Crippen LogP contribution in [0.4, 0.5) is 0 Å². The van der Waals surface area contributed by atoms with Gasteiger partial charge in [0.1, 0.15) is 0 Å². The average Bonchev–Trinajstić information content (AvgIpc) is 0.731. The molecule has 0 amide bonds. The van der Waals surface area contributed by atoms with Crippen molar-refractivity contribution in [2.45, 2.75) is 310 Å². The van der Waals surface area contributed by atoms with Crippen molar-refractivity contribution in [3.8, 4) is 58.5 Å². The Morgan fingerprint density at radius 1 is 0.191 bits per heavy atom. The predicted octanol–water partition coefficient (Wildman–Crippen LogP) is 32.9. The van der Waals surface area contributed by atoms with Gasteiger partial charge < -0.3 is 0 Å². The fraction of sp³-hybridized carbons (Fsp3) is 0.444. The summed E-state index contributed by atoms with van der Waals surface area (Å²) in [5, 5.41) is 9.14. The first-order chi connectivity index (χ1) is 54.3. The molecule has 0 aliphatic heterocycles. The molecule has 10 aromatic rings. The van der Waals surface area contributed by atoms with E-state index in [4.69, 9.17) is 0 Å². The first kappa shape index (κ1) is 84.9. The Morgan fingerprint density at radius 2 is 0.364 bits per heavy atom. The number of hydrogen-bond donors (Lipinski definition) is 0. The predicted molar refractivity (Wildman–Crippen MR) is 489 cm³/mol. The van der Waals surface area contributed by atoms with E-state index in [1.807, 2.05) is 0 Å². The average molecular weight is 1590 g/mol. The van der Waals surface area contributed by atoms with E-state index in [-0.39, 0.29) is 0 Å². The highest BCUT2D eigenvalue weighted by molar-refractivity contribution is 9.11. The minimum atomic E-state index is 0.995.